The molecule has 2 bridgehead atoms. The first-order valence-electron chi connectivity index (χ1n) is 11.5. The lowest BCUT2D eigenvalue weighted by Crippen LogP contribution is -2.70. The summed E-state index contributed by atoms with van der Waals surface area (Å²) in [7, 11) is 0. The fourth-order valence-electron chi connectivity index (χ4n) is 6.70. The monoisotopic (exact) mass is 406 g/mol. The number of carbonyl (C=O) groups excluding carboxylic acids is 1. The summed E-state index contributed by atoms with van der Waals surface area (Å²) in [6, 6.07) is 0. The SMILES string of the molecule is C[C@H]1[C@@H](C[C@@H](O)C2=CCCCC2=O)O[C@@H]2O[C@]3(C)CC[C@H]4[C@H](C)CC[C@@H]1C24OO3. The predicted molar refractivity (Wildman–Crippen MR) is 104 cm³/mol. The highest BCUT2D eigenvalue weighted by molar-refractivity contribution is 5.96. The first-order valence-corrected chi connectivity index (χ1v) is 11.5. The van der Waals surface area contributed by atoms with Gasteiger partial charge in [-0.3, -0.25) is 4.79 Å². The molecule has 4 saturated heterocycles. The summed E-state index contributed by atoms with van der Waals surface area (Å²) in [4.78, 5) is 24.3. The number of ketones is 1. The van der Waals surface area contributed by atoms with E-state index in [2.05, 4.69) is 13.8 Å². The van der Waals surface area contributed by atoms with Crippen molar-refractivity contribution in [2.75, 3.05) is 0 Å². The van der Waals surface area contributed by atoms with E-state index in [1.165, 1.54) is 0 Å². The van der Waals surface area contributed by atoms with Crippen molar-refractivity contribution < 1.29 is 29.1 Å². The molecule has 6 aliphatic rings. The van der Waals surface area contributed by atoms with Crippen molar-refractivity contribution >= 4 is 5.78 Å². The second-order valence-corrected chi connectivity index (χ2v) is 10.2. The lowest BCUT2D eigenvalue weighted by Gasteiger charge is -2.60. The van der Waals surface area contributed by atoms with Crippen LogP contribution in [0.1, 0.15) is 72.1 Å². The fourth-order valence-corrected chi connectivity index (χ4v) is 6.70. The maximum Gasteiger partial charge on any atom is 0.201 e. The van der Waals surface area contributed by atoms with Gasteiger partial charge in [-0.25, -0.2) is 9.78 Å². The van der Waals surface area contributed by atoms with E-state index in [0.717, 1.165) is 38.5 Å². The van der Waals surface area contributed by atoms with E-state index in [0.29, 0.717) is 30.3 Å². The third-order valence-corrected chi connectivity index (χ3v) is 8.40. The summed E-state index contributed by atoms with van der Waals surface area (Å²) in [5.74, 6) is 0.590. The molecule has 1 spiro atoms. The number of carbonyl (C=O) groups is 1. The molecular formula is C23H34O6. The van der Waals surface area contributed by atoms with Crippen LogP contribution in [0.25, 0.3) is 0 Å². The van der Waals surface area contributed by atoms with Crippen LogP contribution in [0.2, 0.25) is 0 Å². The maximum absolute atomic E-state index is 12.3. The highest BCUT2D eigenvalue weighted by Crippen LogP contribution is 2.60. The Labute approximate surface area is 172 Å². The summed E-state index contributed by atoms with van der Waals surface area (Å²) >= 11 is 0. The van der Waals surface area contributed by atoms with Crippen LogP contribution in [0.4, 0.5) is 0 Å². The molecule has 1 saturated carbocycles. The van der Waals surface area contributed by atoms with E-state index in [1.807, 2.05) is 13.0 Å². The minimum Gasteiger partial charge on any atom is -0.388 e. The molecule has 0 aromatic heterocycles. The Bertz CT molecular complexity index is 705. The number of ether oxygens (including phenoxy) is 2. The summed E-state index contributed by atoms with van der Waals surface area (Å²) in [6.45, 7) is 6.42. The molecule has 1 N–H and O–H groups in total. The van der Waals surface area contributed by atoms with Crippen molar-refractivity contribution in [2.24, 2.45) is 23.7 Å². The van der Waals surface area contributed by atoms with Gasteiger partial charge < -0.3 is 14.6 Å². The van der Waals surface area contributed by atoms with E-state index >= 15 is 0 Å². The standard InChI is InChI=1S/C23H34O6/c1-13-8-9-17-14(2)20(12-19(25)15-6-4-5-7-18(15)24)26-21-23(17)16(13)10-11-22(3,27-21)28-29-23/h6,13-14,16-17,19-21,25H,4-5,7-12H2,1-3H3/t13-,14-,16+,17+,19-,20-,21-,22+,23?/m1/s1. The van der Waals surface area contributed by atoms with Gasteiger partial charge in [0.15, 0.2) is 17.7 Å². The zero-order valence-electron chi connectivity index (χ0n) is 17.8. The van der Waals surface area contributed by atoms with Gasteiger partial charge in [0.2, 0.25) is 5.79 Å². The molecule has 4 aliphatic heterocycles. The lowest BCUT2D eigenvalue weighted by atomic mass is 9.57. The summed E-state index contributed by atoms with van der Waals surface area (Å²) in [6.07, 6.45) is 7.14. The molecule has 1 unspecified atom stereocenters. The third kappa shape index (κ3) is 3.06. The van der Waals surface area contributed by atoms with Crippen molar-refractivity contribution in [3.63, 3.8) is 0 Å². The topological polar surface area (TPSA) is 74.2 Å². The average Bonchev–Trinajstić information content (AvgIpc) is 2.92. The molecule has 2 aliphatic carbocycles. The van der Waals surface area contributed by atoms with E-state index in [4.69, 9.17) is 19.2 Å². The highest BCUT2D eigenvalue weighted by atomic mass is 17.3. The summed E-state index contributed by atoms with van der Waals surface area (Å²) in [5.41, 5.74) is -0.00796. The van der Waals surface area contributed by atoms with E-state index in [-0.39, 0.29) is 23.7 Å². The molecule has 0 aromatic carbocycles. The predicted octanol–water partition coefficient (Wildman–Crippen LogP) is 3.67. The van der Waals surface area contributed by atoms with Crippen LogP contribution in [0, 0.1) is 23.7 Å². The Morgan fingerprint density at radius 3 is 2.83 bits per heavy atom. The Balaban J connectivity index is 1.43. The largest absolute Gasteiger partial charge is 0.388 e. The minimum atomic E-state index is -0.789. The first-order chi connectivity index (χ1) is 13.8. The van der Waals surface area contributed by atoms with Gasteiger partial charge in [0.1, 0.15) is 0 Å². The molecule has 162 valence electrons. The average molecular weight is 407 g/mol. The third-order valence-electron chi connectivity index (χ3n) is 8.40. The van der Waals surface area contributed by atoms with Gasteiger partial charge in [-0.2, -0.15) is 0 Å². The van der Waals surface area contributed by atoms with Crippen LogP contribution >= 0.6 is 0 Å². The molecule has 6 heteroatoms. The van der Waals surface area contributed by atoms with Crippen LogP contribution in [0.5, 0.6) is 0 Å². The zero-order chi connectivity index (χ0) is 20.4. The Hall–Kier alpha value is -0.790. The highest BCUT2D eigenvalue weighted by Gasteiger charge is 2.69. The van der Waals surface area contributed by atoms with E-state index in [1.54, 1.807) is 0 Å². The smallest absolute Gasteiger partial charge is 0.201 e. The van der Waals surface area contributed by atoms with Crippen molar-refractivity contribution in [3.8, 4) is 0 Å². The van der Waals surface area contributed by atoms with Crippen molar-refractivity contribution in [1.29, 1.82) is 0 Å². The van der Waals surface area contributed by atoms with Gasteiger partial charge in [-0.15, -0.1) is 0 Å². The molecule has 0 amide bonds. The first kappa shape index (κ1) is 20.1. The molecular weight excluding hydrogens is 372 g/mol. The van der Waals surface area contributed by atoms with Gasteiger partial charge in [-0.05, 0) is 56.8 Å². The molecule has 4 heterocycles. The van der Waals surface area contributed by atoms with Crippen LogP contribution < -0.4 is 0 Å². The van der Waals surface area contributed by atoms with Crippen LogP contribution in [0.3, 0.4) is 0 Å². The number of rotatable bonds is 3. The van der Waals surface area contributed by atoms with E-state index in [9.17, 15) is 9.90 Å². The number of Topliss-reactive ketones (excluding diaryl/α,β-unsaturated/α-hetero) is 1. The molecule has 29 heavy (non-hydrogen) atoms. The van der Waals surface area contributed by atoms with Gasteiger partial charge in [-0.1, -0.05) is 19.9 Å². The van der Waals surface area contributed by atoms with Crippen molar-refractivity contribution in [1.82, 2.24) is 0 Å². The fraction of sp³-hybridized carbons (Fsp3) is 0.870. The Morgan fingerprint density at radius 1 is 1.21 bits per heavy atom. The van der Waals surface area contributed by atoms with Gasteiger partial charge >= 0.3 is 0 Å². The normalized spacial score (nSPS) is 50.5. The molecule has 0 aromatic rings. The zero-order valence-corrected chi connectivity index (χ0v) is 17.8. The van der Waals surface area contributed by atoms with Crippen LogP contribution in [-0.2, 0) is 24.0 Å². The molecule has 6 rings (SSSR count). The number of fused-ring (bicyclic) bond motifs is 2. The van der Waals surface area contributed by atoms with Crippen LogP contribution in [-0.4, -0.2) is 40.8 Å². The van der Waals surface area contributed by atoms with Gasteiger partial charge in [0.25, 0.3) is 0 Å². The maximum atomic E-state index is 12.3. The second kappa shape index (κ2) is 7.13. The number of hydrogen-bond acceptors (Lipinski definition) is 6. The van der Waals surface area contributed by atoms with Gasteiger partial charge in [0.05, 0.1) is 12.2 Å². The van der Waals surface area contributed by atoms with Crippen molar-refractivity contribution in [2.45, 2.75) is 102 Å². The second-order valence-electron chi connectivity index (χ2n) is 10.2. The minimum absolute atomic E-state index is 0.0734. The quantitative estimate of drug-likeness (QED) is 0.721. The van der Waals surface area contributed by atoms with Gasteiger partial charge in [0, 0.05) is 30.8 Å². The Morgan fingerprint density at radius 2 is 2.03 bits per heavy atom. The Kier molecular flexibility index (Phi) is 4.95. The van der Waals surface area contributed by atoms with Crippen molar-refractivity contribution in [3.05, 3.63) is 11.6 Å². The molecule has 5 fully saturated rings. The number of allylic oxidation sites excluding steroid dienone is 1. The van der Waals surface area contributed by atoms with Crippen LogP contribution in [0.15, 0.2) is 11.6 Å². The number of hydrogen-bond donors (Lipinski definition) is 1. The molecule has 9 atom stereocenters. The summed E-state index contributed by atoms with van der Waals surface area (Å²) < 4.78 is 12.9. The molecule has 6 nitrogen and oxygen atoms in total. The summed E-state index contributed by atoms with van der Waals surface area (Å²) in [5, 5.41) is 10.8. The lowest BCUT2D eigenvalue weighted by molar-refractivity contribution is -0.571. The number of aliphatic hydroxyl groups excluding tert-OH is 1. The molecule has 0 radical (unpaired) electrons. The number of aliphatic hydroxyl groups is 1. The van der Waals surface area contributed by atoms with E-state index < -0.39 is 23.8 Å².